The average molecular weight is 239 g/mol. The van der Waals surface area contributed by atoms with E-state index in [0.717, 1.165) is 17.5 Å². The van der Waals surface area contributed by atoms with E-state index in [2.05, 4.69) is 10.3 Å². The molecule has 0 aliphatic carbocycles. The summed E-state index contributed by atoms with van der Waals surface area (Å²) in [7, 11) is 0. The van der Waals surface area contributed by atoms with Crippen molar-refractivity contribution in [3.8, 4) is 0 Å². The summed E-state index contributed by atoms with van der Waals surface area (Å²) in [5, 5.41) is 3.23. The van der Waals surface area contributed by atoms with Gasteiger partial charge in [-0.2, -0.15) is 0 Å². The van der Waals surface area contributed by atoms with Crippen LogP contribution in [0.3, 0.4) is 0 Å². The molecule has 1 heterocycles. The van der Waals surface area contributed by atoms with E-state index in [-0.39, 0.29) is 5.91 Å². The molecule has 0 saturated carbocycles. The van der Waals surface area contributed by atoms with Crippen LogP contribution in [0.1, 0.15) is 24.5 Å². The predicted octanol–water partition coefficient (Wildman–Crippen LogP) is 2.58. The lowest BCUT2D eigenvalue weighted by atomic mass is 10.1. The first kappa shape index (κ1) is 12.7. The molecule has 0 aliphatic rings. The first-order valence-corrected chi connectivity index (χ1v) is 5.51. The number of rotatable bonds is 4. The highest BCUT2D eigenvalue weighted by molar-refractivity contribution is 6.30. The highest BCUT2D eigenvalue weighted by Gasteiger charge is 1.99. The Morgan fingerprint density at radius 2 is 2.38 bits per heavy atom. The maximum absolute atomic E-state index is 10.6. The molecule has 0 saturated heterocycles. The zero-order chi connectivity index (χ0) is 12.0. The molecule has 0 aliphatic heterocycles. The van der Waals surface area contributed by atoms with Crippen LogP contribution in [0, 0.1) is 6.92 Å². The summed E-state index contributed by atoms with van der Waals surface area (Å²) in [5.74, 6) is -0.0102. The van der Waals surface area contributed by atoms with Gasteiger partial charge in [-0.15, -0.1) is 0 Å². The third kappa shape index (κ3) is 4.03. The Balaban J connectivity index is 2.53. The first-order valence-electron chi connectivity index (χ1n) is 5.13. The topological polar surface area (TPSA) is 42.0 Å². The van der Waals surface area contributed by atoms with Crippen molar-refractivity contribution in [2.45, 2.75) is 20.3 Å². The average Bonchev–Trinajstić information content (AvgIpc) is 2.21. The summed E-state index contributed by atoms with van der Waals surface area (Å²) in [6.45, 7) is 4.13. The van der Waals surface area contributed by atoms with E-state index in [4.69, 9.17) is 11.6 Å². The van der Waals surface area contributed by atoms with E-state index in [1.807, 2.05) is 25.1 Å². The highest BCUT2D eigenvalue weighted by Crippen LogP contribution is 2.18. The van der Waals surface area contributed by atoms with Gasteiger partial charge in [0.25, 0.3) is 0 Å². The highest BCUT2D eigenvalue weighted by atomic mass is 35.5. The smallest absolute Gasteiger partial charge is 0.216 e. The summed E-state index contributed by atoms with van der Waals surface area (Å²) in [6, 6.07) is 1.92. The third-order valence-corrected chi connectivity index (χ3v) is 2.43. The summed E-state index contributed by atoms with van der Waals surface area (Å²) in [5.41, 5.74) is 2.03. The number of nitrogens with zero attached hydrogens (tertiary/aromatic N) is 1. The number of halogens is 1. The molecule has 16 heavy (non-hydrogen) atoms. The first-order chi connectivity index (χ1) is 7.61. The lowest BCUT2D eigenvalue weighted by molar-refractivity contribution is -0.118. The van der Waals surface area contributed by atoms with Crippen molar-refractivity contribution in [1.29, 1.82) is 0 Å². The molecule has 0 unspecified atom stereocenters. The molecule has 4 heteroatoms. The monoisotopic (exact) mass is 238 g/mol. The van der Waals surface area contributed by atoms with Gasteiger partial charge in [0.05, 0.1) is 0 Å². The van der Waals surface area contributed by atoms with Crippen LogP contribution < -0.4 is 5.32 Å². The molecule has 0 aromatic carbocycles. The van der Waals surface area contributed by atoms with Crippen LogP contribution in [0.15, 0.2) is 18.3 Å². The van der Waals surface area contributed by atoms with Gasteiger partial charge in [0.2, 0.25) is 5.91 Å². The van der Waals surface area contributed by atoms with Crippen LogP contribution in [0.2, 0.25) is 5.15 Å². The second kappa shape index (κ2) is 6.28. The second-order valence-electron chi connectivity index (χ2n) is 3.51. The van der Waals surface area contributed by atoms with Gasteiger partial charge in [0, 0.05) is 25.2 Å². The number of hydrogen-bond donors (Lipinski definition) is 1. The molecule has 86 valence electrons. The molecule has 1 rings (SSSR count). The van der Waals surface area contributed by atoms with Gasteiger partial charge >= 0.3 is 0 Å². The Morgan fingerprint density at radius 3 is 3.00 bits per heavy atom. The van der Waals surface area contributed by atoms with Gasteiger partial charge in [0.15, 0.2) is 0 Å². The van der Waals surface area contributed by atoms with Crippen molar-refractivity contribution in [2.24, 2.45) is 0 Å². The van der Waals surface area contributed by atoms with Crippen LogP contribution >= 0.6 is 11.6 Å². The van der Waals surface area contributed by atoms with Gasteiger partial charge in [0.1, 0.15) is 5.15 Å². The molecule has 0 radical (unpaired) electrons. The van der Waals surface area contributed by atoms with E-state index in [1.54, 1.807) is 6.20 Å². The second-order valence-corrected chi connectivity index (χ2v) is 3.86. The van der Waals surface area contributed by atoms with Crippen LogP contribution in [-0.4, -0.2) is 17.4 Å². The predicted molar refractivity (Wildman–Crippen MR) is 66.3 cm³/mol. The Hall–Kier alpha value is -1.35. The molecule has 1 aromatic rings. The Labute approximate surface area is 101 Å². The van der Waals surface area contributed by atoms with Crippen molar-refractivity contribution in [3.05, 3.63) is 34.6 Å². The van der Waals surface area contributed by atoms with Gasteiger partial charge in [-0.25, -0.2) is 4.98 Å². The number of nitrogens with one attached hydrogen (secondary N) is 1. The summed E-state index contributed by atoms with van der Waals surface area (Å²) < 4.78 is 0. The van der Waals surface area contributed by atoms with Crippen molar-refractivity contribution < 1.29 is 4.79 Å². The molecule has 0 bridgehead atoms. The molecule has 1 N–H and O–H groups in total. The lowest BCUT2D eigenvalue weighted by Crippen LogP contribution is -2.20. The van der Waals surface area contributed by atoms with Crippen molar-refractivity contribution in [3.63, 3.8) is 0 Å². The SMILES string of the molecule is CC(=O)NCCC=Cc1c(C)ccnc1Cl. The minimum Gasteiger partial charge on any atom is -0.356 e. The fourth-order valence-electron chi connectivity index (χ4n) is 1.27. The minimum absolute atomic E-state index is 0.0102. The number of amides is 1. The van der Waals surface area contributed by atoms with Crippen molar-refractivity contribution >= 4 is 23.6 Å². The quantitative estimate of drug-likeness (QED) is 0.647. The molecule has 0 spiro atoms. The Bertz CT molecular complexity index is 382. The van der Waals surface area contributed by atoms with Gasteiger partial charge in [-0.1, -0.05) is 23.8 Å². The van der Waals surface area contributed by atoms with Gasteiger partial charge in [-0.05, 0) is 25.0 Å². The fourth-order valence-corrected chi connectivity index (χ4v) is 1.54. The minimum atomic E-state index is -0.0102. The summed E-state index contributed by atoms with van der Waals surface area (Å²) in [6.07, 6.45) is 6.38. The zero-order valence-corrected chi connectivity index (χ0v) is 10.2. The number of pyridine rings is 1. The summed E-state index contributed by atoms with van der Waals surface area (Å²) >= 11 is 5.96. The van der Waals surface area contributed by atoms with Crippen LogP contribution in [0.4, 0.5) is 0 Å². The van der Waals surface area contributed by atoms with Crippen molar-refractivity contribution in [2.75, 3.05) is 6.54 Å². The Morgan fingerprint density at radius 1 is 1.62 bits per heavy atom. The zero-order valence-electron chi connectivity index (χ0n) is 9.46. The standard InChI is InChI=1S/C12H15ClN2O/c1-9-6-8-15-12(13)11(9)5-3-4-7-14-10(2)16/h3,5-6,8H,4,7H2,1-2H3,(H,14,16). The van der Waals surface area contributed by atoms with E-state index < -0.39 is 0 Å². The number of hydrogen-bond acceptors (Lipinski definition) is 2. The molecule has 0 fully saturated rings. The Kier molecular flexibility index (Phi) is 4.99. The number of carbonyl (C=O) groups excluding carboxylic acids is 1. The van der Waals surface area contributed by atoms with Gasteiger partial charge < -0.3 is 5.32 Å². The van der Waals surface area contributed by atoms with Crippen LogP contribution in [-0.2, 0) is 4.79 Å². The van der Waals surface area contributed by atoms with Crippen molar-refractivity contribution in [1.82, 2.24) is 10.3 Å². The van der Waals surface area contributed by atoms with Gasteiger partial charge in [-0.3, -0.25) is 4.79 Å². The molecule has 0 atom stereocenters. The third-order valence-electron chi connectivity index (χ3n) is 2.13. The fraction of sp³-hybridized carbons (Fsp3) is 0.333. The lowest BCUT2D eigenvalue weighted by Gasteiger charge is -2.01. The van der Waals surface area contributed by atoms with E-state index in [9.17, 15) is 4.79 Å². The molecular formula is C12H15ClN2O. The maximum atomic E-state index is 10.6. The summed E-state index contributed by atoms with van der Waals surface area (Å²) in [4.78, 5) is 14.6. The van der Waals surface area contributed by atoms with Crippen LogP contribution in [0.25, 0.3) is 6.08 Å². The number of aryl methyl sites for hydroxylation is 1. The maximum Gasteiger partial charge on any atom is 0.216 e. The number of carbonyl (C=O) groups is 1. The molecular weight excluding hydrogens is 224 g/mol. The van der Waals surface area contributed by atoms with Crippen LogP contribution in [0.5, 0.6) is 0 Å². The molecule has 1 amide bonds. The van der Waals surface area contributed by atoms with E-state index >= 15 is 0 Å². The molecule has 1 aromatic heterocycles. The largest absolute Gasteiger partial charge is 0.356 e. The number of aromatic nitrogens is 1. The van der Waals surface area contributed by atoms with E-state index in [0.29, 0.717) is 11.7 Å². The molecule has 3 nitrogen and oxygen atoms in total. The normalized spacial score (nSPS) is 10.7. The van der Waals surface area contributed by atoms with E-state index in [1.165, 1.54) is 6.92 Å².